The van der Waals surface area contributed by atoms with Crippen molar-refractivity contribution >= 4 is 22.6 Å². The Labute approximate surface area is 75.2 Å². The molecule has 0 saturated carbocycles. The Bertz CT molecular complexity index is 263. The highest BCUT2D eigenvalue weighted by atomic mass is 32.2. The van der Waals surface area contributed by atoms with Crippen molar-refractivity contribution in [2.24, 2.45) is 9.98 Å². The van der Waals surface area contributed by atoms with Crippen molar-refractivity contribution in [2.45, 2.75) is 31.5 Å². The van der Waals surface area contributed by atoms with Gasteiger partial charge in [0.1, 0.15) is 11.4 Å². The third kappa shape index (κ3) is 1.23. The van der Waals surface area contributed by atoms with Gasteiger partial charge < -0.3 is 10.4 Å². The summed E-state index contributed by atoms with van der Waals surface area (Å²) in [7, 11) is 0. The molecule has 0 bridgehead atoms. The number of aliphatic hydroxyl groups excluding tert-OH is 1. The highest BCUT2D eigenvalue weighted by molar-refractivity contribution is 8.14. The molecule has 66 valence electrons. The zero-order valence-electron chi connectivity index (χ0n) is 6.98. The lowest BCUT2D eigenvalue weighted by molar-refractivity contribution is 0.125. The molecule has 0 radical (unpaired) electrons. The van der Waals surface area contributed by atoms with Crippen LogP contribution in [0.25, 0.3) is 0 Å². The second-order valence-corrected chi connectivity index (χ2v) is 4.26. The maximum Gasteiger partial charge on any atom is 0.150 e. The molecule has 2 aliphatic rings. The van der Waals surface area contributed by atoms with Crippen molar-refractivity contribution < 1.29 is 5.11 Å². The number of nitrogens with one attached hydrogen (secondary N) is 1. The second-order valence-electron chi connectivity index (χ2n) is 2.95. The highest BCUT2D eigenvalue weighted by Gasteiger charge is 2.36. The van der Waals surface area contributed by atoms with E-state index in [0.29, 0.717) is 0 Å². The predicted octanol–water partition coefficient (Wildman–Crippen LogP) is 0.186. The van der Waals surface area contributed by atoms with Crippen LogP contribution in [0, 0.1) is 0 Å². The lowest BCUT2D eigenvalue weighted by atomic mass is 10.2. The molecule has 0 amide bonds. The van der Waals surface area contributed by atoms with Crippen LogP contribution in [0.2, 0.25) is 0 Å². The fourth-order valence-corrected chi connectivity index (χ4v) is 2.50. The van der Waals surface area contributed by atoms with Crippen molar-refractivity contribution in [1.29, 1.82) is 0 Å². The molecule has 0 aromatic carbocycles. The van der Waals surface area contributed by atoms with Gasteiger partial charge in [-0.15, -0.1) is 0 Å². The monoisotopic (exact) mass is 185 g/mol. The molecule has 2 rings (SSSR count). The van der Waals surface area contributed by atoms with Crippen LogP contribution in [0.5, 0.6) is 0 Å². The fourth-order valence-electron chi connectivity index (χ4n) is 1.41. The van der Waals surface area contributed by atoms with Gasteiger partial charge in [0.15, 0.2) is 6.23 Å². The summed E-state index contributed by atoms with van der Waals surface area (Å²) in [5.41, 5.74) is 0. The topological polar surface area (TPSA) is 57.0 Å². The fraction of sp³-hybridized carbons (Fsp3) is 0.714. The molecule has 2 N–H and O–H groups in total. The van der Waals surface area contributed by atoms with Gasteiger partial charge in [0, 0.05) is 0 Å². The molecule has 0 saturated heterocycles. The van der Waals surface area contributed by atoms with Gasteiger partial charge in [-0.1, -0.05) is 11.8 Å². The zero-order valence-corrected chi connectivity index (χ0v) is 7.80. The summed E-state index contributed by atoms with van der Waals surface area (Å²) < 4.78 is 0. The molecule has 2 aliphatic heterocycles. The summed E-state index contributed by atoms with van der Waals surface area (Å²) >= 11 is 1.62. The predicted molar refractivity (Wildman–Crippen MR) is 50.5 cm³/mol. The lowest BCUT2D eigenvalue weighted by Gasteiger charge is -2.26. The van der Waals surface area contributed by atoms with Gasteiger partial charge >= 0.3 is 0 Å². The summed E-state index contributed by atoms with van der Waals surface area (Å²) in [4.78, 5) is 8.62. The van der Waals surface area contributed by atoms with E-state index >= 15 is 0 Å². The van der Waals surface area contributed by atoms with Crippen LogP contribution in [0.4, 0.5) is 0 Å². The Hall–Kier alpha value is -0.550. The van der Waals surface area contributed by atoms with Crippen LogP contribution in [0.15, 0.2) is 9.98 Å². The maximum absolute atomic E-state index is 9.56. The number of aliphatic hydroxyl groups is 1. The van der Waals surface area contributed by atoms with Crippen molar-refractivity contribution in [3.63, 3.8) is 0 Å². The van der Waals surface area contributed by atoms with Crippen molar-refractivity contribution in [2.75, 3.05) is 0 Å². The first kappa shape index (κ1) is 8.07. The van der Waals surface area contributed by atoms with E-state index in [1.54, 1.807) is 11.8 Å². The minimum Gasteiger partial charge on any atom is -0.371 e. The van der Waals surface area contributed by atoms with Crippen LogP contribution in [-0.2, 0) is 0 Å². The molecule has 0 aromatic heterocycles. The minimum absolute atomic E-state index is 0.0845. The highest BCUT2D eigenvalue weighted by Crippen LogP contribution is 2.31. The largest absolute Gasteiger partial charge is 0.371 e. The molecular weight excluding hydrogens is 174 g/mol. The molecule has 0 aliphatic carbocycles. The molecule has 5 heteroatoms. The van der Waals surface area contributed by atoms with Gasteiger partial charge in [0.2, 0.25) is 0 Å². The SMILES string of the molecule is CC1=NC2SC(C)=NC2C(O)N1. The number of hydrogen-bond acceptors (Lipinski definition) is 5. The van der Waals surface area contributed by atoms with E-state index < -0.39 is 6.23 Å². The molecule has 3 unspecified atom stereocenters. The Kier molecular flexibility index (Phi) is 1.84. The summed E-state index contributed by atoms with van der Waals surface area (Å²) in [6.07, 6.45) is -0.572. The zero-order chi connectivity index (χ0) is 8.72. The summed E-state index contributed by atoms with van der Waals surface area (Å²) in [6.45, 7) is 3.80. The van der Waals surface area contributed by atoms with E-state index in [2.05, 4.69) is 15.3 Å². The first-order valence-corrected chi connectivity index (χ1v) is 4.75. The second kappa shape index (κ2) is 2.74. The Morgan fingerprint density at radius 1 is 1.42 bits per heavy atom. The average Bonchev–Trinajstić information content (AvgIpc) is 2.29. The van der Waals surface area contributed by atoms with E-state index in [0.717, 1.165) is 10.9 Å². The molecule has 2 heterocycles. The summed E-state index contributed by atoms with van der Waals surface area (Å²) in [6, 6.07) is -0.0984. The maximum atomic E-state index is 9.56. The molecular formula is C7H11N3OS. The molecule has 3 atom stereocenters. The number of fused-ring (bicyclic) bond motifs is 1. The Morgan fingerprint density at radius 2 is 2.17 bits per heavy atom. The first-order valence-electron chi connectivity index (χ1n) is 3.87. The number of hydrogen-bond donors (Lipinski definition) is 2. The van der Waals surface area contributed by atoms with Crippen molar-refractivity contribution in [3.05, 3.63) is 0 Å². The smallest absolute Gasteiger partial charge is 0.150 e. The minimum atomic E-state index is -0.572. The van der Waals surface area contributed by atoms with E-state index in [1.807, 2.05) is 13.8 Å². The van der Waals surface area contributed by atoms with Crippen LogP contribution >= 0.6 is 11.8 Å². The van der Waals surface area contributed by atoms with E-state index in [1.165, 1.54) is 0 Å². The van der Waals surface area contributed by atoms with Crippen LogP contribution in [-0.4, -0.2) is 33.6 Å². The molecule has 4 nitrogen and oxygen atoms in total. The van der Waals surface area contributed by atoms with Crippen molar-refractivity contribution in [3.8, 4) is 0 Å². The van der Waals surface area contributed by atoms with Gasteiger partial charge in [0.25, 0.3) is 0 Å². The average molecular weight is 185 g/mol. The number of thioether (sulfide) groups is 1. The van der Waals surface area contributed by atoms with Gasteiger partial charge in [-0.25, -0.2) is 0 Å². The molecule has 0 spiro atoms. The molecule has 12 heavy (non-hydrogen) atoms. The Balaban J connectivity index is 2.24. The third-order valence-electron chi connectivity index (χ3n) is 1.92. The van der Waals surface area contributed by atoms with Gasteiger partial charge in [-0.3, -0.25) is 9.98 Å². The Morgan fingerprint density at radius 3 is 2.92 bits per heavy atom. The van der Waals surface area contributed by atoms with E-state index in [4.69, 9.17) is 0 Å². The van der Waals surface area contributed by atoms with Crippen LogP contribution in [0.1, 0.15) is 13.8 Å². The number of nitrogens with zero attached hydrogens (tertiary/aromatic N) is 2. The van der Waals surface area contributed by atoms with Gasteiger partial charge in [0.05, 0.1) is 10.9 Å². The first-order chi connectivity index (χ1) is 5.66. The van der Waals surface area contributed by atoms with Crippen LogP contribution in [0.3, 0.4) is 0 Å². The van der Waals surface area contributed by atoms with Gasteiger partial charge in [-0.05, 0) is 13.8 Å². The van der Waals surface area contributed by atoms with Crippen molar-refractivity contribution in [1.82, 2.24) is 5.32 Å². The molecule has 0 aromatic rings. The normalized spacial score (nSPS) is 39.8. The number of amidine groups is 1. The van der Waals surface area contributed by atoms with Crippen LogP contribution < -0.4 is 5.32 Å². The standard InChI is InChI=1S/C7H11N3OS/c1-3-8-6(11)5-7(9-3)12-4(2)10-5/h5-7,11H,1-2H3,(H,8,9). The van der Waals surface area contributed by atoms with Gasteiger partial charge in [-0.2, -0.15) is 0 Å². The number of rotatable bonds is 0. The molecule has 0 fully saturated rings. The third-order valence-corrected chi connectivity index (χ3v) is 2.99. The summed E-state index contributed by atoms with van der Waals surface area (Å²) in [5.74, 6) is 0.793. The van der Waals surface area contributed by atoms with E-state index in [-0.39, 0.29) is 11.4 Å². The number of aliphatic imine (C=N–C) groups is 2. The quantitative estimate of drug-likeness (QED) is 0.566. The lowest BCUT2D eigenvalue weighted by Crippen LogP contribution is -2.48. The van der Waals surface area contributed by atoms with E-state index in [9.17, 15) is 5.11 Å². The summed E-state index contributed by atoms with van der Waals surface area (Å²) in [5, 5.41) is 13.5.